The summed E-state index contributed by atoms with van der Waals surface area (Å²) in [7, 11) is 2.00. The fraction of sp³-hybridized carbons (Fsp3) is 0.448. The Hall–Kier alpha value is -4.03. The average Bonchev–Trinajstić information content (AvgIpc) is 3.60. The summed E-state index contributed by atoms with van der Waals surface area (Å²) in [5.74, 6) is 2.70. The van der Waals surface area contributed by atoms with Gasteiger partial charge in [-0.25, -0.2) is 24.0 Å². The lowest BCUT2D eigenvalue weighted by atomic mass is 9.75. The third kappa shape index (κ3) is 6.66. The van der Waals surface area contributed by atoms with Crippen LogP contribution in [0.5, 0.6) is 0 Å². The molecular weight excluding hydrogens is 523 g/mol. The predicted molar refractivity (Wildman–Crippen MR) is 154 cm³/mol. The summed E-state index contributed by atoms with van der Waals surface area (Å²) in [5, 5.41) is 18.0. The molecule has 0 saturated heterocycles. The lowest BCUT2D eigenvalue weighted by molar-refractivity contribution is -0.109. The molecule has 1 aliphatic carbocycles. The Labute approximate surface area is 239 Å². The predicted octanol–water partition coefficient (Wildman–Crippen LogP) is 4.16. The van der Waals surface area contributed by atoms with Gasteiger partial charge in [-0.2, -0.15) is 10.2 Å². The molecule has 1 aliphatic rings. The molecule has 4 aromatic rings. The van der Waals surface area contributed by atoms with Crippen LogP contribution in [0.2, 0.25) is 0 Å². The zero-order valence-corrected chi connectivity index (χ0v) is 23.9. The van der Waals surface area contributed by atoms with Crippen LogP contribution in [0.1, 0.15) is 67.3 Å². The molecule has 11 nitrogen and oxygen atoms in total. The highest BCUT2D eigenvalue weighted by molar-refractivity contribution is 5.52. The van der Waals surface area contributed by atoms with Crippen molar-refractivity contribution in [2.75, 3.05) is 25.5 Å². The van der Waals surface area contributed by atoms with Gasteiger partial charge in [-0.3, -0.25) is 10.00 Å². The standard InChI is InChI=1S/C29H37FN10O/c1-19-13-25(35-26-14-20(2)37-38-26)36-28(34-19)22-7-9-29(31-4,10-8-22)18-39(11-12-41)21(3)23-5-6-27(32-15-23)40-17-24(30)16-33-40/h5-6,12-17,21-22,31H,7-11,18H2,1-4H3,(H2,34,35,36,37,38). The van der Waals surface area contributed by atoms with Crippen molar-refractivity contribution in [3.8, 4) is 5.82 Å². The Morgan fingerprint density at radius 1 is 1.20 bits per heavy atom. The van der Waals surface area contributed by atoms with Crippen molar-refractivity contribution in [1.82, 2.24) is 45.1 Å². The molecule has 0 amide bonds. The highest BCUT2D eigenvalue weighted by Gasteiger charge is 2.38. The van der Waals surface area contributed by atoms with Gasteiger partial charge in [-0.1, -0.05) is 6.07 Å². The number of rotatable bonds is 11. The minimum atomic E-state index is -0.413. The van der Waals surface area contributed by atoms with Crippen molar-refractivity contribution in [3.05, 3.63) is 71.4 Å². The molecule has 4 heterocycles. The van der Waals surface area contributed by atoms with Crippen LogP contribution in [0.4, 0.5) is 16.0 Å². The van der Waals surface area contributed by atoms with Crippen LogP contribution in [0.25, 0.3) is 5.82 Å². The molecule has 0 aromatic carbocycles. The van der Waals surface area contributed by atoms with Crippen LogP contribution in [0.15, 0.2) is 42.9 Å². The smallest absolute Gasteiger partial charge is 0.161 e. The molecule has 1 unspecified atom stereocenters. The van der Waals surface area contributed by atoms with Gasteiger partial charge in [-0.15, -0.1) is 0 Å². The Balaban J connectivity index is 1.26. The zero-order valence-electron chi connectivity index (χ0n) is 23.9. The second-order valence-electron chi connectivity index (χ2n) is 10.9. The van der Waals surface area contributed by atoms with Crippen molar-refractivity contribution in [2.45, 2.75) is 64.0 Å². The number of likely N-dealkylation sites (N-methyl/N-ethyl adjacent to an activating group) is 1. The number of aromatic amines is 1. The molecule has 1 saturated carbocycles. The van der Waals surface area contributed by atoms with Crippen LogP contribution < -0.4 is 10.6 Å². The first-order chi connectivity index (χ1) is 19.8. The lowest BCUT2D eigenvalue weighted by Gasteiger charge is -2.44. The average molecular weight is 561 g/mol. The molecule has 41 heavy (non-hydrogen) atoms. The van der Waals surface area contributed by atoms with E-state index in [0.29, 0.717) is 18.9 Å². The van der Waals surface area contributed by atoms with Crippen LogP contribution in [0.3, 0.4) is 0 Å². The maximum atomic E-state index is 13.4. The molecule has 0 spiro atoms. The maximum Gasteiger partial charge on any atom is 0.161 e. The van der Waals surface area contributed by atoms with Gasteiger partial charge in [-0.05, 0) is 65.1 Å². The normalized spacial score (nSPS) is 19.8. The number of aldehydes is 1. The molecule has 0 bridgehead atoms. The van der Waals surface area contributed by atoms with Crippen molar-refractivity contribution in [2.24, 2.45) is 0 Å². The second kappa shape index (κ2) is 12.2. The van der Waals surface area contributed by atoms with E-state index in [-0.39, 0.29) is 17.5 Å². The Bertz CT molecular complexity index is 1460. The Kier molecular flexibility index (Phi) is 8.50. The number of pyridine rings is 1. The number of carbonyl (C=O) groups is 1. The van der Waals surface area contributed by atoms with Crippen molar-refractivity contribution in [3.63, 3.8) is 0 Å². The van der Waals surface area contributed by atoms with E-state index in [0.717, 1.165) is 72.6 Å². The zero-order chi connectivity index (χ0) is 29.0. The number of aryl methyl sites for hydroxylation is 2. The number of hydrogen-bond donors (Lipinski definition) is 3. The minimum Gasteiger partial charge on any atom is -0.323 e. The molecule has 4 aromatic heterocycles. The Morgan fingerprint density at radius 3 is 2.61 bits per heavy atom. The number of nitrogens with one attached hydrogen (secondary N) is 3. The number of H-pyrrole nitrogens is 1. The van der Waals surface area contributed by atoms with E-state index < -0.39 is 5.82 Å². The van der Waals surface area contributed by atoms with E-state index in [1.54, 1.807) is 6.20 Å². The van der Waals surface area contributed by atoms with E-state index in [2.05, 4.69) is 42.7 Å². The number of carbonyl (C=O) groups excluding carboxylic acids is 1. The van der Waals surface area contributed by atoms with Gasteiger partial charge in [0.05, 0.1) is 18.9 Å². The maximum absolute atomic E-state index is 13.4. The summed E-state index contributed by atoms with van der Waals surface area (Å²) >= 11 is 0. The summed E-state index contributed by atoms with van der Waals surface area (Å²) < 4.78 is 14.8. The van der Waals surface area contributed by atoms with Gasteiger partial charge in [0.15, 0.2) is 17.5 Å². The topological polar surface area (TPSA) is 130 Å². The number of hydrogen-bond acceptors (Lipinski definition) is 9. The summed E-state index contributed by atoms with van der Waals surface area (Å²) in [6, 6.07) is 7.60. The van der Waals surface area contributed by atoms with E-state index in [4.69, 9.17) is 9.97 Å². The van der Waals surface area contributed by atoms with Crippen LogP contribution in [-0.4, -0.2) is 71.8 Å². The van der Waals surface area contributed by atoms with Gasteiger partial charge < -0.3 is 15.4 Å². The van der Waals surface area contributed by atoms with Crippen LogP contribution >= 0.6 is 0 Å². The van der Waals surface area contributed by atoms with Gasteiger partial charge in [0.2, 0.25) is 0 Å². The summed E-state index contributed by atoms with van der Waals surface area (Å²) in [4.78, 5) is 28.0. The highest BCUT2D eigenvalue weighted by Crippen LogP contribution is 2.38. The van der Waals surface area contributed by atoms with E-state index >= 15 is 0 Å². The number of aromatic nitrogens is 7. The molecule has 0 radical (unpaired) electrons. The summed E-state index contributed by atoms with van der Waals surface area (Å²) in [6.07, 6.45) is 8.89. The van der Waals surface area contributed by atoms with Crippen LogP contribution in [0, 0.1) is 19.7 Å². The third-order valence-electron chi connectivity index (χ3n) is 8.07. The highest BCUT2D eigenvalue weighted by atomic mass is 19.1. The molecule has 0 aliphatic heterocycles. The van der Waals surface area contributed by atoms with E-state index in [1.165, 1.54) is 10.9 Å². The van der Waals surface area contributed by atoms with Gasteiger partial charge in [0.25, 0.3) is 0 Å². The Morgan fingerprint density at radius 2 is 2.00 bits per heavy atom. The summed E-state index contributed by atoms with van der Waals surface area (Å²) in [6.45, 7) is 7.05. The van der Waals surface area contributed by atoms with E-state index in [1.807, 2.05) is 45.2 Å². The monoisotopic (exact) mass is 560 g/mol. The van der Waals surface area contributed by atoms with Gasteiger partial charge >= 0.3 is 0 Å². The molecular formula is C29H37FN10O. The SMILES string of the molecule is CNC1(CN(CC=O)C(C)c2ccc(-n3cc(F)cn3)nc2)CCC(c2nc(C)cc(Nc3cc(C)[nH]n3)n2)CC1. The van der Waals surface area contributed by atoms with Crippen molar-refractivity contribution in [1.29, 1.82) is 0 Å². The first-order valence-corrected chi connectivity index (χ1v) is 14.0. The minimum absolute atomic E-state index is 0.0431. The quantitative estimate of drug-likeness (QED) is 0.232. The fourth-order valence-corrected chi connectivity index (χ4v) is 5.63. The second-order valence-corrected chi connectivity index (χ2v) is 10.9. The molecule has 216 valence electrons. The first-order valence-electron chi connectivity index (χ1n) is 14.0. The molecule has 1 atom stereocenters. The summed E-state index contributed by atoms with van der Waals surface area (Å²) in [5.41, 5.74) is 2.72. The number of nitrogens with zero attached hydrogens (tertiary/aromatic N) is 7. The van der Waals surface area contributed by atoms with Gasteiger partial charge in [0.1, 0.15) is 17.9 Å². The van der Waals surface area contributed by atoms with Crippen molar-refractivity contribution >= 4 is 17.9 Å². The third-order valence-corrected chi connectivity index (χ3v) is 8.07. The number of anilines is 2. The molecule has 5 rings (SSSR count). The van der Waals surface area contributed by atoms with Crippen molar-refractivity contribution < 1.29 is 9.18 Å². The fourth-order valence-electron chi connectivity index (χ4n) is 5.63. The van der Waals surface area contributed by atoms with Gasteiger partial charge in [0, 0.05) is 53.8 Å². The van der Waals surface area contributed by atoms with Crippen LogP contribution in [-0.2, 0) is 4.79 Å². The first kappa shape index (κ1) is 28.5. The van der Waals surface area contributed by atoms with E-state index in [9.17, 15) is 9.18 Å². The lowest BCUT2D eigenvalue weighted by Crippen LogP contribution is -2.54. The number of halogens is 1. The largest absolute Gasteiger partial charge is 0.323 e. The molecule has 12 heteroatoms. The molecule has 1 fully saturated rings. The molecule has 3 N–H and O–H groups in total.